The number of rotatable bonds is 8. The zero-order valence-electron chi connectivity index (χ0n) is 21.8. The Morgan fingerprint density at radius 3 is 2.56 bits per heavy atom. The second-order valence-corrected chi connectivity index (χ2v) is 9.26. The number of carbonyl (C=O) groups is 2. The quantitative estimate of drug-likeness (QED) is 0.369. The molecule has 2 aliphatic heterocycles. The molecule has 0 spiro atoms. The zero-order chi connectivity index (χ0) is 27.5. The lowest BCUT2D eigenvalue weighted by atomic mass is 9.90. The number of fused-ring (bicyclic) bond motifs is 1. The molecule has 0 radical (unpaired) electrons. The molecule has 3 heterocycles. The Balaban J connectivity index is 1.32. The highest BCUT2D eigenvalue weighted by Gasteiger charge is 2.44. The Labute approximate surface area is 225 Å². The minimum atomic E-state index is -1.15. The van der Waals surface area contributed by atoms with Gasteiger partial charge in [-0.05, 0) is 43.2 Å². The van der Waals surface area contributed by atoms with Crippen LogP contribution in [0.25, 0.3) is 6.08 Å². The van der Waals surface area contributed by atoms with E-state index in [4.69, 9.17) is 9.68 Å². The predicted octanol–water partition coefficient (Wildman–Crippen LogP) is 4.28. The van der Waals surface area contributed by atoms with Gasteiger partial charge in [0.15, 0.2) is 0 Å². The third-order valence-electron chi connectivity index (χ3n) is 6.94. The molecule has 0 aliphatic carbocycles. The minimum absolute atomic E-state index is 0.0149. The van der Waals surface area contributed by atoms with Crippen LogP contribution in [0.15, 0.2) is 89.5 Å². The molecule has 5 rings (SSSR count). The Morgan fingerprint density at radius 2 is 1.85 bits per heavy atom. The van der Waals surface area contributed by atoms with Gasteiger partial charge in [0.1, 0.15) is 18.5 Å². The van der Waals surface area contributed by atoms with E-state index in [0.717, 1.165) is 17.0 Å². The predicted molar refractivity (Wildman–Crippen MR) is 146 cm³/mol. The first-order chi connectivity index (χ1) is 18.8. The molecule has 200 valence electrons. The molecular formula is C29H29N5O5. The number of allylic oxidation sites excluding steroid dienone is 2. The summed E-state index contributed by atoms with van der Waals surface area (Å²) in [5.41, 5.74) is 7.47. The number of aliphatic carboxylic acids is 1. The van der Waals surface area contributed by atoms with E-state index in [1.165, 1.54) is 5.06 Å². The number of carbonyl (C=O) groups excluding carboxylic acids is 1. The molecule has 10 nitrogen and oxygen atoms in total. The van der Waals surface area contributed by atoms with E-state index in [1.807, 2.05) is 48.5 Å². The molecule has 1 unspecified atom stereocenters. The van der Waals surface area contributed by atoms with Crippen molar-refractivity contribution in [1.29, 1.82) is 0 Å². The number of ether oxygens (including phenoxy) is 1. The summed E-state index contributed by atoms with van der Waals surface area (Å²) >= 11 is 0. The van der Waals surface area contributed by atoms with Gasteiger partial charge in [0.2, 0.25) is 0 Å². The summed E-state index contributed by atoms with van der Waals surface area (Å²) in [4.78, 5) is 40.6. The number of carboxylic acid groups (broad SMARTS) is 1. The smallest absolute Gasteiger partial charge is 0.338 e. The van der Waals surface area contributed by atoms with Crippen LogP contribution in [0.4, 0.5) is 11.4 Å². The number of H-pyrrole nitrogens is 1. The number of para-hydroxylation sites is 2. The van der Waals surface area contributed by atoms with Crippen LogP contribution < -0.4 is 10.5 Å². The van der Waals surface area contributed by atoms with E-state index < -0.39 is 18.0 Å². The van der Waals surface area contributed by atoms with Crippen molar-refractivity contribution < 1.29 is 24.4 Å². The van der Waals surface area contributed by atoms with Crippen LogP contribution in [0.3, 0.4) is 0 Å². The highest BCUT2D eigenvalue weighted by atomic mass is 16.8. The summed E-state index contributed by atoms with van der Waals surface area (Å²) in [7, 11) is 1.73. The Hall–Kier alpha value is -4.83. The molecule has 0 fully saturated rings. The van der Waals surface area contributed by atoms with Crippen molar-refractivity contribution in [2.45, 2.75) is 26.3 Å². The number of hydrogen-bond acceptors (Lipinski definition) is 8. The summed E-state index contributed by atoms with van der Waals surface area (Å²) in [5.74, 6) is -0.872. The third kappa shape index (κ3) is 5.14. The molecule has 0 amide bonds. The van der Waals surface area contributed by atoms with Crippen molar-refractivity contribution in [3.8, 4) is 0 Å². The fourth-order valence-corrected chi connectivity index (χ4v) is 4.73. The van der Waals surface area contributed by atoms with Gasteiger partial charge in [0.05, 0.1) is 22.5 Å². The van der Waals surface area contributed by atoms with Gasteiger partial charge in [-0.15, -0.1) is 0 Å². The molecule has 2 aliphatic rings. The number of benzene rings is 2. The lowest BCUT2D eigenvalue weighted by molar-refractivity contribution is -0.138. The van der Waals surface area contributed by atoms with Crippen LogP contribution in [0, 0.1) is 0 Å². The van der Waals surface area contributed by atoms with Gasteiger partial charge in [0, 0.05) is 37.3 Å². The van der Waals surface area contributed by atoms with Gasteiger partial charge < -0.3 is 19.7 Å². The first-order valence-corrected chi connectivity index (χ1v) is 12.5. The van der Waals surface area contributed by atoms with Crippen molar-refractivity contribution in [2.24, 2.45) is 0 Å². The fourth-order valence-electron chi connectivity index (χ4n) is 4.73. The Kier molecular flexibility index (Phi) is 7.20. The number of aromatic nitrogens is 2. The summed E-state index contributed by atoms with van der Waals surface area (Å²) < 4.78 is 5.62. The average Bonchev–Trinajstić information content (AvgIpc) is 3.60. The van der Waals surface area contributed by atoms with Crippen LogP contribution in [0.5, 0.6) is 0 Å². The highest BCUT2D eigenvalue weighted by Crippen LogP contribution is 2.41. The third-order valence-corrected chi connectivity index (χ3v) is 6.94. The minimum Gasteiger partial charge on any atom is -0.478 e. The van der Waals surface area contributed by atoms with Crippen molar-refractivity contribution in [1.82, 2.24) is 14.9 Å². The number of carboxylic acids is 1. The van der Waals surface area contributed by atoms with Crippen LogP contribution in [-0.4, -0.2) is 51.6 Å². The number of nitrogens with one attached hydrogen (secondary N) is 2. The number of anilines is 2. The maximum atomic E-state index is 13.4. The molecule has 39 heavy (non-hydrogen) atoms. The molecule has 1 atom stereocenters. The van der Waals surface area contributed by atoms with E-state index in [0.29, 0.717) is 29.2 Å². The second kappa shape index (κ2) is 10.9. The summed E-state index contributed by atoms with van der Waals surface area (Å²) in [6.45, 7) is 3.49. The van der Waals surface area contributed by atoms with E-state index in [-0.39, 0.29) is 17.8 Å². The first kappa shape index (κ1) is 25.8. The number of aromatic amines is 1. The number of esters is 1. The number of hydrogen-bond donors (Lipinski definition) is 3. The molecule has 0 saturated heterocycles. The SMILES string of the molecule is CC1=C(C(=O)O)C(N2ONc3ccccc32)C(C(=O)OCC=Cc2ccc(Cc3ncc[nH]3)cc2)=C(C)N1C. The van der Waals surface area contributed by atoms with Crippen molar-refractivity contribution >= 4 is 29.4 Å². The molecule has 0 saturated carbocycles. The average molecular weight is 528 g/mol. The van der Waals surface area contributed by atoms with E-state index in [1.54, 1.807) is 50.3 Å². The van der Waals surface area contributed by atoms with Crippen LogP contribution >= 0.6 is 0 Å². The van der Waals surface area contributed by atoms with Crippen molar-refractivity contribution in [3.63, 3.8) is 0 Å². The van der Waals surface area contributed by atoms with E-state index in [9.17, 15) is 14.7 Å². The van der Waals surface area contributed by atoms with Crippen LogP contribution in [0.1, 0.15) is 30.8 Å². The monoisotopic (exact) mass is 527 g/mol. The lowest BCUT2D eigenvalue weighted by Crippen LogP contribution is -2.46. The van der Waals surface area contributed by atoms with Gasteiger partial charge in [-0.3, -0.25) is 0 Å². The largest absolute Gasteiger partial charge is 0.478 e. The van der Waals surface area contributed by atoms with E-state index in [2.05, 4.69) is 15.4 Å². The molecule has 3 aromatic rings. The summed E-state index contributed by atoms with van der Waals surface area (Å²) in [6.07, 6.45) is 7.86. The maximum absolute atomic E-state index is 13.4. The standard InChI is InChI=1S/C29H29N5O5/c1-18-25(28(35)36)27(34-23-9-5-4-8-22(23)32-39-34)26(19(2)33(18)3)29(37)38-16-6-7-20-10-12-21(13-11-20)17-24-30-14-15-31-24/h4-15,27,32H,16-17H2,1-3H3,(H,30,31)(H,35,36). The molecular weight excluding hydrogens is 498 g/mol. The van der Waals surface area contributed by atoms with Gasteiger partial charge >= 0.3 is 11.9 Å². The fraction of sp³-hybridized carbons (Fsp3) is 0.207. The molecule has 1 aromatic heterocycles. The number of imidazole rings is 1. The highest BCUT2D eigenvalue weighted by molar-refractivity contribution is 6.00. The summed E-state index contributed by atoms with van der Waals surface area (Å²) in [5, 5.41) is 11.6. The first-order valence-electron chi connectivity index (χ1n) is 12.5. The second-order valence-electron chi connectivity index (χ2n) is 9.26. The molecule has 10 heteroatoms. The number of nitrogens with zero attached hydrogens (tertiary/aromatic N) is 3. The molecule has 2 aromatic carbocycles. The van der Waals surface area contributed by atoms with Gasteiger partial charge in [0.25, 0.3) is 0 Å². The van der Waals surface area contributed by atoms with Gasteiger partial charge in [-0.25, -0.2) is 25.1 Å². The summed E-state index contributed by atoms with van der Waals surface area (Å²) in [6, 6.07) is 14.2. The Bertz CT molecular complexity index is 1470. The zero-order valence-corrected chi connectivity index (χ0v) is 21.8. The molecule has 0 bridgehead atoms. The van der Waals surface area contributed by atoms with Gasteiger partial charge in [-0.1, -0.05) is 42.5 Å². The van der Waals surface area contributed by atoms with E-state index >= 15 is 0 Å². The molecule has 3 N–H and O–H groups in total. The topological polar surface area (TPSA) is 120 Å². The maximum Gasteiger partial charge on any atom is 0.338 e. The van der Waals surface area contributed by atoms with Gasteiger partial charge in [-0.2, -0.15) is 4.94 Å². The number of hydroxylamine groups is 1. The normalized spacial score (nSPS) is 17.1. The van der Waals surface area contributed by atoms with Crippen LogP contribution in [-0.2, 0) is 25.7 Å². The van der Waals surface area contributed by atoms with Crippen molar-refractivity contribution in [2.75, 3.05) is 24.2 Å². The van der Waals surface area contributed by atoms with Crippen LogP contribution in [0.2, 0.25) is 0 Å². The van der Waals surface area contributed by atoms with Crippen molar-refractivity contribution in [3.05, 3.63) is 106 Å². The lowest BCUT2D eigenvalue weighted by Gasteiger charge is -2.38. The Morgan fingerprint density at radius 1 is 1.10 bits per heavy atom.